The van der Waals surface area contributed by atoms with Gasteiger partial charge in [-0.2, -0.15) is 0 Å². The van der Waals surface area contributed by atoms with Crippen molar-refractivity contribution in [2.75, 3.05) is 40.5 Å². The second-order valence-electron chi connectivity index (χ2n) is 11.7. The smallest absolute Gasteiger partial charge is 0.127 e. The molecule has 4 aromatic carbocycles. The molecular weight excluding hydrogens is 578 g/mol. The Bertz CT molecular complexity index is 1660. The van der Waals surface area contributed by atoms with Gasteiger partial charge >= 0.3 is 0 Å². The Kier molecular flexibility index (Phi) is 10.8. The summed E-state index contributed by atoms with van der Waals surface area (Å²) in [6.07, 6.45) is 6.54. The minimum atomic E-state index is -0.00751. The molecule has 8 nitrogen and oxygen atoms in total. The SMILES string of the molecule is COc1ccccc1COCCCOc1ccc(C2C(Cn3ccnc3)CNC[C@@H]2OCc2cc(OC)c3ccccc3c2)cc1. The first-order valence-electron chi connectivity index (χ1n) is 16.0. The van der Waals surface area contributed by atoms with Gasteiger partial charge in [0.2, 0.25) is 0 Å². The molecule has 8 heteroatoms. The first-order valence-corrected chi connectivity index (χ1v) is 16.0. The summed E-state index contributed by atoms with van der Waals surface area (Å²) in [5.74, 6) is 3.09. The molecule has 0 amide bonds. The summed E-state index contributed by atoms with van der Waals surface area (Å²) in [5, 5.41) is 5.89. The molecule has 0 saturated carbocycles. The van der Waals surface area contributed by atoms with Gasteiger partial charge in [0, 0.05) is 55.3 Å². The topological polar surface area (TPSA) is 76.0 Å². The van der Waals surface area contributed by atoms with Gasteiger partial charge in [0.25, 0.3) is 0 Å². The van der Waals surface area contributed by atoms with Crippen molar-refractivity contribution in [3.63, 3.8) is 0 Å². The van der Waals surface area contributed by atoms with Crippen molar-refractivity contribution in [3.8, 4) is 17.2 Å². The van der Waals surface area contributed by atoms with E-state index in [9.17, 15) is 0 Å². The first kappa shape index (κ1) is 31.6. The number of hydrogen-bond acceptors (Lipinski definition) is 7. The molecule has 6 rings (SSSR count). The Hall–Kier alpha value is -4.37. The molecule has 1 aliphatic heterocycles. The second-order valence-corrected chi connectivity index (χ2v) is 11.7. The lowest BCUT2D eigenvalue weighted by Crippen LogP contribution is -2.48. The van der Waals surface area contributed by atoms with Gasteiger partial charge in [-0.3, -0.25) is 0 Å². The zero-order valence-corrected chi connectivity index (χ0v) is 26.6. The van der Waals surface area contributed by atoms with Crippen LogP contribution in [0.1, 0.15) is 29.0 Å². The van der Waals surface area contributed by atoms with Crippen molar-refractivity contribution >= 4 is 10.8 Å². The standard InChI is InChI=1S/C38H43N3O5/c1-42-35-11-6-4-9-31(35)26-44-18-7-19-45-33-14-12-29(13-15-33)38-32(24-41-17-16-39-27-41)22-40-23-37(38)46-25-28-20-30-8-3-5-10-34(30)36(21-28)43-2/h3-6,8-17,20-21,27,32,37-38,40H,7,18-19,22-26H2,1-2H3/t32?,37-,38?/m0/s1. The van der Waals surface area contributed by atoms with Gasteiger partial charge in [0.05, 0.1) is 53.1 Å². The zero-order valence-electron chi connectivity index (χ0n) is 26.6. The minimum absolute atomic E-state index is 0.00751. The number of ether oxygens (including phenoxy) is 5. The number of benzene rings is 4. The van der Waals surface area contributed by atoms with Crippen molar-refractivity contribution in [2.45, 2.75) is 38.2 Å². The number of piperidine rings is 1. The van der Waals surface area contributed by atoms with Gasteiger partial charge in [-0.25, -0.2) is 4.98 Å². The molecule has 0 radical (unpaired) electrons. The van der Waals surface area contributed by atoms with Gasteiger partial charge in [-0.1, -0.05) is 54.6 Å². The fourth-order valence-electron chi connectivity index (χ4n) is 6.39. The van der Waals surface area contributed by atoms with Crippen LogP contribution in [0.2, 0.25) is 0 Å². The highest BCUT2D eigenvalue weighted by molar-refractivity contribution is 5.89. The maximum atomic E-state index is 6.72. The highest BCUT2D eigenvalue weighted by Gasteiger charge is 2.35. The number of aromatic nitrogens is 2. The van der Waals surface area contributed by atoms with E-state index < -0.39 is 0 Å². The molecule has 2 heterocycles. The average Bonchev–Trinajstić information content (AvgIpc) is 3.62. The quantitative estimate of drug-likeness (QED) is 0.132. The summed E-state index contributed by atoms with van der Waals surface area (Å²) in [6, 6.07) is 29.1. The third-order valence-corrected chi connectivity index (χ3v) is 8.65. The maximum absolute atomic E-state index is 6.72. The van der Waals surface area contributed by atoms with Crippen molar-refractivity contribution in [3.05, 3.63) is 120 Å². The summed E-state index contributed by atoms with van der Waals surface area (Å²) in [6.45, 7) is 4.76. The molecular formula is C38H43N3O5. The van der Waals surface area contributed by atoms with Gasteiger partial charge in [0.15, 0.2) is 0 Å². The molecule has 0 spiro atoms. The second kappa shape index (κ2) is 15.8. The molecule has 1 aromatic heterocycles. The van der Waals surface area contributed by atoms with Crippen molar-refractivity contribution in [1.82, 2.24) is 14.9 Å². The Balaban J connectivity index is 1.09. The normalized spacial score (nSPS) is 18.0. The third kappa shape index (κ3) is 7.88. The molecule has 1 aliphatic rings. The summed E-state index contributed by atoms with van der Waals surface area (Å²) < 4.78 is 31.9. The fraction of sp³-hybridized carbons (Fsp3) is 0.342. The first-order chi connectivity index (χ1) is 22.7. The van der Waals surface area contributed by atoms with Gasteiger partial charge in [-0.05, 0) is 52.8 Å². The maximum Gasteiger partial charge on any atom is 0.127 e. The van der Waals surface area contributed by atoms with Crippen LogP contribution in [0.15, 0.2) is 104 Å². The highest BCUT2D eigenvalue weighted by Crippen LogP contribution is 2.36. The molecule has 5 aromatic rings. The minimum Gasteiger partial charge on any atom is -0.496 e. The van der Waals surface area contributed by atoms with Gasteiger partial charge < -0.3 is 33.6 Å². The Morgan fingerprint density at radius 3 is 2.50 bits per heavy atom. The van der Waals surface area contributed by atoms with Gasteiger partial charge in [-0.15, -0.1) is 0 Å². The van der Waals surface area contributed by atoms with E-state index >= 15 is 0 Å². The van der Waals surface area contributed by atoms with Crippen LogP contribution in [0.3, 0.4) is 0 Å². The number of nitrogens with zero attached hydrogens (tertiary/aromatic N) is 2. The Morgan fingerprint density at radius 1 is 0.848 bits per heavy atom. The molecule has 2 unspecified atom stereocenters. The van der Waals surface area contributed by atoms with E-state index in [2.05, 4.69) is 69.5 Å². The van der Waals surface area contributed by atoms with Crippen molar-refractivity contribution in [1.29, 1.82) is 0 Å². The number of rotatable bonds is 15. The molecule has 46 heavy (non-hydrogen) atoms. The summed E-state index contributed by atoms with van der Waals surface area (Å²) in [7, 11) is 3.40. The summed E-state index contributed by atoms with van der Waals surface area (Å²) >= 11 is 0. The van der Waals surface area contributed by atoms with Gasteiger partial charge in [0.1, 0.15) is 17.2 Å². The lowest BCUT2D eigenvalue weighted by Gasteiger charge is -2.39. The molecule has 1 fully saturated rings. The monoisotopic (exact) mass is 621 g/mol. The van der Waals surface area contributed by atoms with E-state index in [0.717, 1.165) is 65.2 Å². The predicted octanol–water partition coefficient (Wildman–Crippen LogP) is 6.63. The van der Waals surface area contributed by atoms with Crippen LogP contribution in [-0.4, -0.2) is 56.2 Å². The number of imidazole rings is 1. The average molecular weight is 622 g/mol. The number of para-hydroxylation sites is 1. The molecule has 0 bridgehead atoms. The Morgan fingerprint density at radius 2 is 1.67 bits per heavy atom. The van der Waals surface area contributed by atoms with Crippen LogP contribution in [0.4, 0.5) is 0 Å². The van der Waals surface area contributed by atoms with Crippen LogP contribution in [-0.2, 0) is 29.2 Å². The summed E-state index contributed by atoms with van der Waals surface area (Å²) in [5.41, 5.74) is 3.40. The largest absolute Gasteiger partial charge is 0.496 e. The highest BCUT2D eigenvalue weighted by atomic mass is 16.5. The molecule has 1 saturated heterocycles. The summed E-state index contributed by atoms with van der Waals surface area (Å²) in [4.78, 5) is 4.27. The van der Waals surface area contributed by atoms with Crippen molar-refractivity contribution in [2.24, 2.45) is 5.92 Å². The van der Waals surface area contributed by atoms with E-state index in [1.807, 2.05) is 49.1 Å². The van der Waals surface area contributed by atoms with Crippen LogP contribution in [0.5, 0.6) is 17.2 Å². The van der Waals surface area contributed by atoms with E-state index in [1.165, 1.54) is 5.56 Å². The van der Waals surface area contributed by atoms with E-state index in [4.69, 9.17) is 23.7 Å². The van der Waals surface area contributed by atoms with Crippen molar-refractivity contribution < 1.29 is 23.7 Å². The van der Waals surface area contributed by atoms with Crippen LogP contribution in [0, 0.1) is 5.92 Å². The third-order valence-electron chi connectivity index (χ3n) is 8.65. The fourth-order valence-corrected chi connectivity index (χ4v) is 6.39. The number of methoxy groups -OCH3 is 2. The van der Waals surface area contributed by atoms with Crippen LogP contribution in [0.25, 0.3) is 10.8 Å². The molecule has 240 valence electrons. The predicted molar refractivity (Wildman–Crippen MR) is 180 cm³/mol. The molecule has 3 atom stereocenters. The molecule has 0 aliphatic carbocycles. The van der Waals surface area contributed by atoms with Crippen LogP contribution < -0.4 is 19.5 Å². The van der Waals surface area contributed by atoms with E-state index in [1.54, 1.807) is 14.2 Å². The number of fused-ring (bicyclic) bond motifs is 1. The van der Waals surface area contributed by atoms with Crippen LogP contribution >= 0.6 is 0 Å². The lowest BCUT2D eigenvalue weighted by molar-refractivity contribution is -0.00860. The zero-order chi connectivity index (χ0) is 31.6. The molecule has 1 N–H and O–H groups in total. The number of nitrogens with one attached hydrogen (secondary N) is 1. The number of hydrogen-bond donors (Lipinski definition) is 1. The lowest BCUT2D eigenvalue weighted by atomic mass is 9.79. The van der Waals surface area contributed by atoms with E-state index in [-0.39, 0.29) is 12.0 Å². The Labute approximate surface area is 271 Å². The van der Waals surface area contributed by atoms with E-state index in [0.29, 0.717) is 32.3 Å².